The van der Waals surface area contributed by atoms with Crippen molar-refractivity contribution in [2.75, 3.05) is 5.32 Å². The Morgan fingerprint density at radius 2 is 1.35 bits per heavy atom. The van der Waals surface area contributed by atoms with E-state index in [1.807, 2.05) is 71.4 Å². The Hall–Kier alpha value is -3.24. The van der Waals surface area contributed by atoms with Gasteiger partial charge in [-0.15, -0.1) is 0 Å². The minimum atomic E-state index is 0.854. The number of hydrogen-bond donors (Lipinski definition) is 1. The molecule has 1 aromatic heterocycles. The van der Waals surface area contributed by atoms with E-state index in [9.17, 15) is 0 Å². The SMILES string of the molecule is C(=Cc1sc(Nc2ccccc2)n[n+]1-c1ccccc1)c1ccccc1. The van der Waals surface area contributed by atoms with E-state index < -0.39 is 0 Å². The summed E-state index contributed by atoms with van der Waals surface area (Å²) < 4.78 is 1.97. The van der Waals surface area contributed by atoms with Crippen LogP contribution >= 0.6 is 11.3 Å². The highest BCUT2D eigenvalue weighted by Gasteiger charge is 2.20. The fraction of sp³-hybridized carbons (Fsp3) is 0. The molecule has 3 aromatic carbocycles. The molecule has 0 amide bonds. The van der Waals surface area contributed by atoms with Gasteiger partial charge in [0.15, 0.2) is 0 Å². The summed E-state index contributed by atoms with van der Waals surface area (Å²) in [5.41, 5.74) is 3.23. The number of hydrogen-bond acceptors (Lipinski definition) is 3. The van der Waals surface area contributed by atoms with Crippen molar-refractivity contribution in [3.8, 4) is 5.69 Å². The van der Waals surface area contributed by atoms with Gasteiger partial charge < -0.3 is 5.32 Å². The quantitative estimate of drug-likeness (QED) is 0.489. The predicted octanol–water partition coefficient (Wildman–Crippen LogP) is 5.33. The number of nitrogens with one attached hydrogen (secondary N) is 1. The summed E-state index contributed by atoms with van der Waals surface area (Å²) in [4.78, 5) is 0. The zero-order valence-electron chi connectivity index (χ0n) is 14.1. The Labute approximate surface area is 156 Å². The van der Waals surface area contributed by atoms with Gasteiger partial charge in [-0.05, 0) is 39.8 Å². The molecule has 0 atom stereocenters. The molecule has 3 nitrogen and oxygen atoms in total. The van der Waals surface area contributed by atoms with Gasteiger partial charge in [0, 0.05) is 29.0 Å². The molecular weight excluding hydrogens is 338 g/mol. The average molecular weight is 356 g/mol. The Balaban J connectivity index is 1.70. The third kappa shape index (κ3) is 3.87. The van der Waals surface area contributed by atoms with Crippen molar-refractivity contribution in [3.63, 3.8) is 0 Å². The van der Waals surface area contributed by atoms with E-state index >= 15 is 0 Å². The number of benzene rings is 3. The standard InChI is InChI=1S/C22H18N3S/c1-4-10-18(11-5-1)16-17-21-25(20-14-8-3-9-15-20)24-22(26-21)23-19-12-6-2-7-13-19/h1-17H,(H,23,24)/q+1. The fourth-order valence-corrected chi connectivity index (χ4v) is 3.45. The number of anilines is 2. The summed E-state index contributed by atoms with van der Waals surface area (Å²) in [5, 5.41) is 10.1. The van der Waals surface area contributed by atoms with Crippen LogP contribution in [0.5, 0.6) is 0 Å². The van der Waals surface area contributed by atoms with Crippen LogP contribution in [0.1, 0.15) is 10.6 Å². The molecule has 4 aromatic rings. The minimum absolute atomic E-state index is 0.854. The molecule has 1 heterocycles. The molecule has 0 radical (unpaired) electrons. The summed E-state index contributed by atoms with van der Waals surface area (Å²) in [5.74, 6) is 0. The van der Waals surface area contributed by atoms with Gasteiger partial charge >= 0.3 is 0 Å². The summed E-state index contributed by atoms with van der Waals surface area (Å²) in [7, 11) is 0. The third-order valence-electron chi connectivity index (χ3n) is 3.84. The second-order valence-electron chi connectivity index (χ2n) is 5.73. The molecule has 26 heavy (non-hydrogen) atoms. The first-order valence-electron chi connectivity index (χ1n) is 8.42. The van der Waals surface area contributed by atoms with Gasteiger partial charge in [0.05, 0.1) is 0 Å². The van der Waals surface area contributed by atoms with Gasteiger partial charge in [0.2, 0.25) is 5.69 Å². The van der Waals surface area contributed by atoms with Crippen LogP contribution in [0.15, 0.2) is 91.0 Å². The summed E-state index contributed by atoms with van der Waals surface area (Å²) >= 11 is 1.62. The van der Waals surface area contributed by atoms with Crippen LogP contribution in [-0.2, 0) is 0 Å². The van der Waals surface area contributed by atoms with Crippen molar-refractivity contribution in [3.05, 3.63) is 102 Å². The molecular formula is C22H18N3S+. The van der Waals surface area contributed by atoms with Crippen LogP contribution in [0.25, 0.3) is 17.8 Å². The van der Waals surface area contributed by atoms with Crippen LogP contribution in [0.4, 0.5) is 10.8 Å². The topological polar surface area (TPSA) is 28.8 Å². The predicted molar refractivity (Wildman–Crippen MR) is 109 cm³/mol. The molecule has 0 aliphatic carbocycles. The van der Waals surface area contributed by atoms with Crippen LogP contribution in [-0.4, -0.2) is 5.10 Å². The normalized spacial score (nSPS) is 10.9. The maximum absolute atomic E-state index is 4.76. The average Bonchev–Trinajstić information content (AvgIpc) is 3.11. The second-order valence-corrected chi connectivity index (χ2v) is 6.74. The summed E-state index contributed by atoms with van der Waals surface area (Å²) in [6, 6.07) is 30.6. The van der Waals surface area contributed by atoms with Crippen molar-refractivity contribution in [1.29, 1.82) is 0 Å². The largest absolute Gasteiger partial charge is 0.327 e. The second kappa shape index (κ2) is 7.76. The van der Waals surface area contributed by atoms with E-state index in [4.69, 9.17) is 5.10 Å². The highest BCUT2D eigenvalue weighted by molar-refractivity contribution is 7.15. The summed E-state index contributed by atoms with van der Waals surface area (Å²) in [6.45, 7) is 0. The number of para-hydroxylation sites is 2. The summed E-state index contributed by atoms with van der Waals surface area (Å²) in [6.07, 6.45) is 4.22. The van der Waals surface area contributed by atoms with Gasteiger partial charge in [0.25, 0.3) is 10.1 Å². The number of aromatic nitrogens is 2. The van der Waals surface area contributed by atoms with Crippen LogP contribution in [0, 0.1) is 0 Å². The van der Waals surface area contributed by atoms with Crippen LogP contribution < -0.4 is 10.00 Å². The van der Waals surface area contributed by atoms with E-state index in [2.05, 4.69) is 41.7 Å². The van der Waals surface area contributed by atoms with Crippen molar-refractivity contribution >= 4 is 34.3 Å². The molecule has 0 unspecified atom stereocenters. The molecule has 0 spiro atoms. The molecule has 1 N–H and O–H groups in total. The molecule has 0 saturated heterocycles. The van der Waals surface area contributed by atoms with Gasteiger partial charge in [-0.25, -0.2) is 0 Å². The van der Waals surface area contributed by atoms with E-state index in [-0.39, 0.29) is 0 Å². The maximum atomic E-state index is 4.76. The highest BCUT2D eigenvalue weighted by Crippen LogP contribution is 2.22. The molecule has 4 rings (SSSR count). The highest BCUT2D eigenvalue weighted by atomic mass is 32.1. The maximum Gasteiger partial charge on any atom is 0.297 e. The first kappa shape index (κ1) is 16.2. The van der Waals surface area contributed by atoms with Gasteiger partial charge in [-0.2, -0.15) is 0 Å². The van der Waals surface area contributed by atoms with E-state index in [0.717, 1.165) is 27.1 Å². The van der Waals surface area contributed by atoms with Crippen molar-refractivity contribution in [2.45, 2.75) is 0 Å². The van der Waals surface area contributed by atoms with E-state index in [1.54, 1.807) is 11.3 Å². The fourth-order valence-electron chi connectivity index (χ4n) is 2.59. The zero-order chi connectivity index (χ0) is 17.6. The van der Waals surface area contributed by atoms with Gasteiger partial charge in [-0.3, -0.25) is 0 Å². The first-order chi connectivity index (χ1) is 12.9. The lowest BCUT2D eigenvalue weighted by atomic mass is 10.2. The molecule has 126 valence electrons. The Morgan fingerprint density at radius 1 is 0.731 bits per heavy atom. The van der Waals surface area contributed by atoms with Crippen molar-refractivity contribution < 1.29 is 4.68 Å². The molecule has 0 bridgehead atoms. The molecule has 0 aliphatic heterocycles. The monoisotopic (exact) mass is 356 g/mol. The van der Waals surface area contributed by atoms with Crippen molar-refractivity contribution in [1.82, 2.24) is 5.10 Å². The van der Waals surface area contributed by atoms with Gasteiger partial charge in [0.1, 0.15) is 0 Å². The lowest BCUT2D eigenvalue weighted by molar-refractivity contribution is -0.654. The van der Waals surface area contributed by atoms with Crippen molar-refractivity contribution in [2.24, 2.45) is 0 Å². The van der Waals surface area contributed by atoms with E-state index in [0.29, 0.717) is 0 Å². The van der Waals surface area contributed by atoms with Gasteiger partial charge in [-0.1, -0.05) is 66.7 Å². The lowest BCUT2D eigenvalue weighted by Crippen LogP contribution is -2.35. The minimum Gasteiger partial charge on any atom is -0.327 e. The molecule has 0 saturated carbocycles. The Bertz CT molecular complexity index is 994. The molecule has 0 fully saturated rings. The van der Waals surface area contributed by atoms with Crippen LogP contribution in [0.3, 0.4) is 0 Å². The molecule has 0 aliphatic rings. The number of rotatable bonds is 5. The van der Waals surface area contributed by atoms with E-state index in [1.165, 1.54) is 0 Å². The smallest absolute Gasteiger partial charge is 0.297 e. The number of nitrogens with zero attached hydrogens (tertiary/aromatic N) is 2. The Morgan fingerprint density at radius 3 is 2.04 bits per heavy atom. The zero-order valence-corrected chi connectivity index (χ0v) is 14.9. The molecule has 4 heteroatoms. The first-order valence-corrected chi connectivity index (χ1v) is 9.24. The third-order valence-corrected chi connectivity index (χ3v) is 4.74. The van der Waals surface area contributed by atoms with Crippen LogP contribution in [0.2, 0.25) is 0 Å². The Kier molecular flexibility index (Phi) is 4.85. The lowest BCUT2D eigenvalue weighted by Gasteiger charge is -1.97.